The van der Waals surface area contributed by atoms with E-state index in [1.165, 1.54) is 12.1 Å². The predicted octanol–water partition coefficient (Wildman–Crippen LogP) is 4.95. The molecule has 0 aliphatic carbocycles. The van der Waals surface area contributed by atoms with Crippen molar-refractivity contribution in [3.05, 3.63) is 87.3 Å². The summed E-state index contributed by atoms with van der Waals surface area (Å²) in [5, 5.41) is 4.35. The lowest BCUT2D eigenvalue weighted by Crippen LogP contribution is -2.15. The Morgan fingerprint density at radius 1 is 1.14 bits per heavy atom. The molecule has 0 bridgehead atoms. The number of oxime groups is 1. The number of halogens is 2. The van der Waals surface area contributed by atoms with Crippen LogP contribution in [0.4, 0.5) is 0 Å². The third kappa shape index (κ3) is 4.85. The lowest BCUT2D eigenvalue weighted by Gasteiger charge is -2.06. The number of furan rings is 1. The van der Waals surface area contributed by atoms with Crippen LogP contribution in [0.1, 0.15) is 27.4 Å². The van der Waals surface area contributed by atoms with Crippen LogP contribution in [-0.4, -0.2) is 11.8 Å². The van der Waals surface area contributed by atoms with Gasteiger partial charge in [-0.1, -0.05) is 46.6 Å². The first-order valence-electron chi connectivity index (χ1n) is 8.21. The molecule has 0 radical (unpaired) electrons. The van der Waals surface area contributed by atoms with Gasteiger partial charge in [0.05, 0.1) is 5.02 Å². The van der Waals surface area contributed by atoms with E-state index in [2.05, 4.69) is 5.16 Å². The lowest BCUT2D eigenvalue weighted by molar-refractivity contribution is 0.0475. The zero-order valence-corrected chi connectivity index (χ0v) is 16.3. The Morgan fingerprint density at radius 3 is 2.68 bits per heavy atom. The predicted molar refractivity (Wildman–Crippen MR) is 107 cm³/mol. The number of benzene rings is 2. The molecule has 0 aliphatic rings. The van der Waals surface area contributed by atoms with Gasteiger partial charge >= 0.3 is 5.97 Å². The van der Waals surface area contributed by atoms with Crippen molar-refractivity contribution in [2.75, 3.05) is 0 Å². The maximum atomic E-state index is 12.1. The normalized spacial score (nSPS) is 11.3. The average Bonchev–Trinajstić information content (AvgIpc) is 3.14. The highest BCUT2D eigenvalue weighted by atomic mass is 35.5. The number of nitrogens with two attached hydrogens (primary N) is 1. The van der Waals surface area contributed by atoms with E-state index in [-0.39, 0.29) is 18.2 Å². The van der Waals surface area contributed by atoms with E-state index in [0.717, 1.165) is 11.3 Å². The van der Waals surface area contributed by atoms with Crippen LogP contribution in [0.5, 0.6) is 5.75 Å². The fraction of sp³-hybridized carbons (Fsp3) is 0.100. The van der Waals surface area contributed by atoms with Crippen LogP contribution < -0.4 is 10.5 Å². The number of ether oxygens (including phenoxy) is 1. The summed E-state index contributed by atoms with van der Waals surface area (Å²) >= 11 is 11.9. The number of aryl methyl sites for hydroxylation is 1. The first-order valence-corrected chi connectivity index (χ1v) is 8.97. The molecule has 1 heterocycles. The quantitative estimate of drug-likeness (QED) is 0.264. The van der Waals surface area contributed by atoms with E-state index in [9.17, 15) is 4.79 Å². The summed E-state index contributed by atoms with van der Waals surface area (Å²) in [6.07, 6.45) is 0. The monoisotopic (exact) mass is 418 g/mol. The van der Waals surface area contributed by atoms with Crippen LogP contribution >= 0.6 is 23.2 Å². The van der Waals surface area contributed by atoms with Gasteiger partial charge in [-0.05, 0) is 48.9 Å². The van der Waals surface area contributed by atoms with Crippen molar-refractivity contribution in [3.63, 3.8) is 0 Å². The van der Waals surface area contributed by atoms with Gasteiger partial charge in [0.2, 0.25) is 5.76 Å². The molecule has 0 saturated heterocycles. The Hall–Kier alpha value is -2.96. The Balaban J connectivity index is 1.61. The molecule has 0 spiro atoms. The van der Waals surface area contributed by atoms with Crippen LogP contribution in [0.2, 0.25) is 10.0 Å². The summed E-state index contributed by atoms with van der Waals surface area (Å²) in [6, 6.07) is 15.4. The number of carbonyl (C=O) groups excluding carboxylic acids is 1. The Kier molecular flexibility index (Phi) is 6.23. The maximum Gasteiger partial charge on any atom is 0.400 e. The topological polar surface area (TPSA) is 87.0 Å². The van der Waals surface area contributed by atoms with Crippen LogP contribution in [0.25, 0.3) is 0 Å². The number of para-hydroxylation sites is 1. The van der Waals surface area contributed by atoms with Crippen LogP contribution in [-0.2, 0) is 11.4 Å². The van der Waals surface area contributed by atoms with Crippen LogP contribution in [0, 0.1) is 6.92 Å². The molecular formula is C20H16Cl2N2O4. The Morgan fingerprint density at radius 2 is 1.93 bits per heavy atom. The first-order chi connectivity index (χ1) is 13.4. The number of amidine groups is 1. The summed E-state index contributed by atoms with van der Waals surface area (Å²) in [4.78, 5) is 16.9. The van der Waals surface area contributed by atoms with Gasteiger partial charge in [-0.2, -0.15) is 0 Å². The highest BCUT2D eigenvalue weighted by Crippen LogP contribution is 2.21. The summed E-state index contributed by atoms with van der Waals surface area (Å²) in [5.74, 6) is 0.315. The van der Waals surface area contributed by atoms with E-state index >= 15 is 0 Å². The fourth-order valence-electron chi connectivity index (χ4n) is 2.31. The molecule has 2 N–H and O–H groups in total. The minimum atomic E-state index is -0.796. The van der Waals surface area contributed by atoms with Gasteiger partial charge < -0.3 is 19.7 Å². The minimum Gasteiger partial charge on any atom is -0.485 e. The van der Waals surface area contributed by atoms with Gasteiger partial charge in [0.25, 0.3) is 0 Å². The molecule has 0 amide bonds. The number of rotatable bonds is 6. The second-order valence-electron chi connectivity index (χ2n) is 5.80. The van der Waals surface area contributed by atoms with E-state index in [1.54, 1.807) is 18.2 Å². The molecule has 6 nitrogen and oxygen atoms in total. The summed E-state index contributed by atoms with van der Waals surface area (Å²) in [5.41, 5.74) is 7.19. The molecule has 0 atom stereocenters. The third-order valence-electron chi connectivity index (χ3n) is 3.76. The highest BCUT2D eigenvalue weighted by molar-refractivity contribution is 6.36. The van der Waals surface area contributed by atoms with E-state index in [4.69, 9.17) is 42.9 Å². The van der Waals surface area contributed by atoms with Crippen molar-refractivity contribution in [1.82, 2.24) is 0 Å². The molecule has 0 fully saturated rings. The molecule has 28 heavy (non-hydrogen) atoms. The smallest absolute Gasteiger partial charge is 0.400 e. The minimum absolute atomic E-state index is 0.0258. The molecule has 8 heteroatoms. The second-order valence-corrected chi connectivity index (χ2v) is 6.64. The molecule has 3 rings (SSSR count). The number of hydrogen-bond acceptors (Lipinski definition) is 5. The molecule has 3 aromatic rings. The number of carbonyl (C=O) groups is 1. The Bertz CT molecular complexity index is 1030. The maximum absolute atomic E-state index is 12.1. The molecule has 1 aromatic heterocycles. The standard InChI is InChI=1S/C20H16Cl2N2O4/c1-12-4-2-3-5-17(12)26-11-14-7-9-18(27-14)20(25)28-24-19(23)15-8-6-13(21)10-16(15)22/h2-10H,11H2,1H3,(H2,23,24). The summed E-state index contributed by atoms with van der Waals surface area (Å²) in [6.45, 7) is 2.11. The van der Waals surface area contributed by atoms with E-state index in [0.29, 0.717) is 21.4 Å². The van der Waals surface area contributed by atoms with Gasteiger partial charge in [-0.25, -0.2) is 4.79 Å². The largest absolute Gasteiger partial charge is 0.485 e. The van der Waals surface area contributed by atoms with Gasteiger partial charge in [0, 0.05) is 10.6 Å². The van der Waals surface area contributed by atoms with Crippen molar-refractivity contribution in [1.29, 1.82) is 0 Å². The SMILES string of the molecule is Cc1ccccc1OCc1ccc(C(=O)O/N=C(\N)c2ccc(Cl)cc2Cl)o1. The summed E-state index contributed by atoms with van der Waals surface area (Å²) in [7, 11) is 0. The number of hydrogen-bond donors (Lipinski definition) is 1. The van der Waals surface area contributed by atoms with Gasteiger partial charge in [0.1, 0.15) is 18.1 Å². The van der Waals surface area contributed by atoms with Crippen molar-refractivity contribution in [3.8, 4) is 5.75 Å². The van der Waals surface area contributed by atoms with E-state index in [1.807, 2.05) is 31.2 Å². The molecule has 0 unspecified atom stereocenters. The van der Waals surface area contributed by atoms with Gasteiger partial charge in [-0.3, -0.25) is 0 Å². The third-order valence-corrected chi connectivity index (χ3v) is 4.31. The Labute approximate surface area is 171 Å². The molecule has 144 valence electrons. The molecule has 0 aliphatic heterocycles. The van der Waals surface area contributed by atoms with Crippen molar-refractivity contribution >= 4 is 35.0 Å². The zero-order chi connectivity index (χ0) is 20.1. The molecule has 0 saturated carbocycles. The van der Waals surface area contributed by atoms with Crippen LogP contribution in [0.15, 0.2) is 64.2 Å². The fourth-order valence-corrected chi connectivity index (χ4v) is 2.82. The van der Waals surface area contributed by atoms with Crippen molar-refractivity contribution < 1.29 is 18.8 Å². The van der Waals surface area contributed by atoms with Crippen molar-refractivity contribution in [2.45, 2.75) is 13.5 Å². The summed E-state index contributed by atoms with van der Waals surface area (Å²) < 4.78 is 11.1. The molecular weight excluding hydrogens is 403 g/mol. The number of nitrogens with zero attached hydrogens (tertiary/aromatic N) is 1. The highest BCUT2D eigenvalue weighted by Gasteiger charge is 2.15. The van der Waals surface area contributed by atoms with Gasteiger partial charge in [0.15, 0.2) is 5.84 Å². The first kappa shape index (κ1) is 19.8. The second kappa shape index (κ2) is 8.82. The van der Waals surface area contributed by atoms with Crippen LogP contribution in [0.3, 0.4) is 0 Å². The molecule has 2 aromatic carbocycles. The zero-order valence-electron chi connectivity index (χ0n) is 14.8. The average molecular weight is 419 g/mol. The lowest BCUT2D eigenvalue weighted by atomic mass is 10.2. The van der Waals surface area contributed by atoms with Gasteiger partial charge in [-0.15, -0.1) is 0 Å². The van der Waals surface area contributed by atoms with E-state index < -0.39 is 5.97 Å². The van der Waals surface area contributed by atoms with Crippen molar-refractivity contribution in [2.24, 2.45) is 10.9 Å².